The van der Waals surface area contributed by atoms with Gasteiger partial charge in [-0.05, 0) is 6.07 Å². The molecule has 116 valence electrons. The molecular weight excluding hydrogens is 341 g/mol. The van der Waals surface area contributed by atoms with Crippen LogP contribution < -0.4 is 5.32 Å². The molecule has 0 saturated carbocycles. The number of ether oxygens (including phenoxy) is 1. The van der Waals surface area contributed by atoms with Gasteiger partial charge in [0.15, 0.2) is 0 Å². The zero-order chi connectivity index (χ0) is 15.6. The largest absolute Gasteiger partial charge is 0.378 e. The second kappa shape index (κ2) is 6.45. The molecule has 10 heteroatoms. The molecule has 1 N–H and O–H groups in total. The number of nitrogens with one attached hydrogen (secondary N) is 1. The molecule has 0 aromatic carbocycles. The van der Waals surface area contributed by atoms with E-state index in [4.69, 9.17) is 27.9 Å². The van der Waals surface area contributed by atoms with Gasteiger partial charge in [-0.15, -0.1) is 0 Å². The average Bonchev–Trinajstić information content (AvgIpc) is 2.49. The molecule has 0 spiro atoms. The Labute approximate surface area is 132 Å². The van der Waals surface area contributed by atoms with Crippen LogP contribution in [0.3, 0.4) is 0 Å². The molecule has 0 radical (unpaired) electrons. The minimum absolute atomic E-state index is 0.00630. The number of morpholine rings is 1. The molecule has 1 amide bonds. The van der Waals surface area contributed by atoms with Crippen LogP contribution in [0.25, 0.3) is 0 Å². The molecule has 7 nitrogen and oxygen atoms in total. The Balaban J connectivity index is 2.40. The van der Waals surface area contributed by atoms with Crippen molar-refractivity contribution in [3.05, 3.63) is 22.4 Å². The Morgan fingerprint density at radius 1 is 1.52 bits per heavy atom. The fourth-order valence-electron chi connectivity index (χ4n) is 1.93. The standard InChI is InChI=1S/C11H13Cl2N3O4S/c1-14-11(17)9-6-20-3-2-16(9)21(18,19)7-4-8(12)10(13)15-5-7/h4-5,9H,2-3,6H2,1H3,(H,14,17). The van der Waals surface area contributed by atoms with Crippen LogP contribution in [0.1, 0.15) is 0 Å². The number of sulfonamides is 1. The summed E-state index contributed by atoms with van der Waals surface area (Å²) in [7, 11) is -2.49. The summed E-state index contributed by atoms with van der Waals surface area (Å²) >= 11 is 11.5. The number of aromatic nitrogens is 1. The molecule has 1 fully saturated rings. The Morgan fingerprint density at radius 3 is 2.86 bits per heavy atom. The van der Waals surface area contributed by atoms with E-state index in [0.717, 1.165) is 10.5 Å². The van der Waals surface area contributed by atoms with Crippen molar-refractivity contribution in [1.82, 2.24) is 14.6 Å². The first-order valence-corrected chi connectivity index (χ1v) is 8.19. The molecule has 1 aromatic heterocycles. The van der Waals surface area contributed by atoms with Crippen LogP contribution in [0.4, 0.5) is 0 Å². The van der Waals surface area contributed by atoms with Crippen LogP contribution in [-0.4, -0.2) is 56.5 Å². The highest BCUT2D eigenvalue weighted by atomic mass is 35.5. The van der Waals surface area contributed by atoms with Crippen LogP contribution in [0.2, 0.25) is 10.2 Å². The number of hydrogen-bond acceptors (Lipinski definition) is 5. The van der Waals surface area contributed by atoms with Crippen LogP contribution in [0.15, 0.2) is 17.2 Å². The predicted molar refractivity (Wildman–Crippen MR) is 76.8 cm³/mol. The summed E-state index contributed by atoms with van der Waals surface area (Å²) in [4.78, 5) is 15.4. The lowest BCUT2D eigenvalue weighted by atomic mass is 10.2. The first-order valence-electron chi connectivity index (χ1n) is 6.00. The number of nitrogens with zero attached hydrogens (tertiary/aromatic N) is 2. The number of carbonyl (C=O) groups is 1. The molecule has 1 aliphatic heterocycles. The number of pyridine rings is 1. The van der Waals surface area contributed by atoms with Gasteiger partial charge in [-0.3, -0.25) is 4.79 Å². The lowest BCUT2D eigenvalue weighted by molar-refractivity contribution is -0.128. The number of halogens is 2. The van der Waals surface area contributed by atoms with E-state index >= 15 is 0 Å². The lowest BCUT2D eigenvalue weighted by Gasteiger charge is -2.33. The van der Waals surface area contributed by atoms with Crippen LogP contribution in [-0.2, 0) is 19.6 Å². The summed E-state index contributed by atoms with van der Waals surface area (Å²) in [6.07, 6.45) is 1.11. The summed E-state index contributed by atoms with van der Waals surface area (Å²) in [5.74, 6) is -0.439. The second-order valence-corrected chi connectivity index (χ2v) is 6.92. The van der Waals surface area contributed by atoms with Crippen molar-refractivity contribution >= 4 is 39.1 Å². The van der Waals surface area contributed by atoms with E-state index in [1.807, 2.05) is 0 Å². The Morgan fingerprint density at radius 2 is 2.24 bits per heavy atom. The molecule has 1 atom stereocenters. The topological polar surface area (TPSA) is 88.6 Å². The highest BCUT2D eigenvalue weighted by Gasteiger charge is 2.38. The van der Waals surface area contributed by atoms with Crippen molar-refractivity contribution < 1.29 is 17.9 Å². The maximum absolute atomic E-state index is 12.6. The molecule has 21 heavy (non-hydrogen) atoms. The van der Waals surface area contributed by atoms with Gasteiger partial charge in [-0.25, -0.2) is 13.4 Å². The van der Waals surface area contributed by atoms with E-state index in [1.54, 1.807) is 0 Å². The van der Waals surface area contributed by atoms with E-state index in [1.165, 1.54) is 13.1 Å². The Hall–Kier alpha value is -0.930. The quantitative estimate of drug-likeness (QED) is 0.800. The number of carbonyl (C=O) groups excluding carboxylic acids is 1. The maximum atomic E-state index is 12.6. The first-order chi connectivity index (χ1) is 9.87. The van der Waals surface area contributed by atoms with Crippen LogP contribution >= 0.6 is 23.2 Å². The van der Waals surface area contributed by atoms with E-state index in [9.17, 15) is 13.2 Å². The fourth-order valence-corrected chi connectivity index (χ4v) is 3.79. The molecule has 1 aliphatic rings. The van der Waals surface area contributed by atoms with Crippen molar-refractivity contribution in [2.45, 2.75) is 10.9 Å². The molecule has 0 bridgehead atoms. The molecule has 1 saturated heterocycles. The summed E-state index contributed by atoms with van der Waals surface area (Å²) in [5, 5.41) is 2.47. The zero-order valence-electron chi connectivity index (χ0n) is 11.0. The summed E-state index contributed by atoms with van der Waals surface area (Å²) < 4.78 is 31.5. The molecule has 2 heterocycles. The number of rotatable bonds is 3. The third-order valence-electron chi connectivity index (χ3n) is 3.01. The van der Waals surface area contributed by atoms with E-state index in [0.29, 0.717) is 0 Å². The second-order valence-electron chi connectivity index (χ2n) is 4.26. The van der Waals surface area contributed by atoms with Gasteiger partial charge in [0.05, 0.1) is 18.2 Å². The molecule has 1 unspecified atom stereocenters. The van der Waals surface area contributed by atoms with Crippen molar-refractivity contribution in [1.29, 1.82) is 0 Å². The van der Waals surface area contributed by atoms with Crippen molar-refractivity contribution in [2.24, 2.45) is 0 Å². The average molecular weight is 354 g/mol. The number of hydrogen-bond donors (Lipinski definition) is 1. The maximum Gasteiger partial charge on any atom is 0.245 e. The van der Waals surface area contributed by atoms with Gasteiger partial charge in [-0.2, -0.15) is 4.31 Å². The van der Waals surface area contributed by atoms with Gasteiger partial charge in [0, 0.05) is 19.8 Å². The van der Waals surface area contributed by atoms with Gasteiger partial charge in [0.1, 0.15) is 16.1 Å². The number of amides is 1. The van der Waals surface area contributed by atoms with Crippen LogP contribution in [0, 0.1) is 0 Å². The van der Waals surface area contributed by atoms with Crippen molar-refractivity contribution in [3.8, 4) is 0 Å². The molecule has 0 aliphatic carbocycles. The zero-order valence-corrected chi connectivity index (χ0v) is 13.4. The normalized spacial score (nSPS) is 20.2. The van der Waals surface area contributed by atoms with E-state index in [-0.39, 0.29) is 34.8 Å². The SMILES string of the molecule is CNC(=O)C1COCCN1S(=O)(=O)c1cnc(Cl)c(Cl)c1. The van der Waals surface area contributed by atoms with Crippen molar-refractivity contribution in [3.63, 3.8) is 0 Å². The Kier molecular flexibility index (Phi) is 5.05. The van der Waals surface area contributed by atoms with Crippen molar-refractivity contribution in [2.75, 3.05) is 26.8 Å². The minimum Gasteiger partial charge on any atom is -0.378 e. The third kappa shape index (κ3) is 3.29. The summed E-state index contributed by atoms with van der Waals surface area (Å²) in [6.45, 7) is 0.274. The highest BCUT2D eigenvalue weighted by Crippen LogP contribution is 2.26. The van der Waals surface area contributed by atoms with Gasteiger partial charge >= 0.3 is 0 Å². The third-order valence-corrected chi connectivity index (χ3v) is 5.57. The van der Waals surface area contributed by atoms with Crippen LogP contribution in [0.5, 0.6) is 0 Å². The Bertz CT molecular complexity index is 653. The first kappa shape index (κ1) is 16.4. The lowest BCUT2D eigenvalue weighted by Crippen LogP contribution is -2.55. The number of likely N-dealkylation sites (N-methyl/N-ethyl adjacent to an activating group) is 1. The smallest absolute Gasteiger partial charge is 0.245 e. The molecule has 1 aromatic rings. The van der Waals surface area contributed by atoms with Gasteiger partial charge in [0.2, 0.25) is 15.9 Å². The fraction of sp³-hybridized carbons (Fsp3) is 0.455. The predicted octanol–water partition coefficient (Wildman–Crippen LogP) is 0.524. The van der Waals surface area contributed by atoms with Gasteiger partial charge in [-0.1, -0.05) is 23.2 Å². The summed E-state index contributed by atoms with van der Waals surface area (Å²) in [5.41, 5.74) is 0. The van der Waals surface area contributed by atoms with E-state index in [2.05, 4.69) is 10.3 Å². The minimum atomic E-state index is -3.92. The molecular formula is C11H13Cl2N3O4S. The van der Waals surface area contributed by atoms with Gasteiger partial charge in [0.25, 0.3) is 0 Å². The van der Waals surface area contributed by atoms with Gasteiger partial charge < -0.3 is 10.1 Å². The summed E-state index contributed by atoms with van der Waals surface area (Å²) in [6, 6.07) is 0.283. The van der Waals surface area contributed by atoms with E-state index < -0.39 is 22.0 Å². The monoisotopic (exact) mass is 353 g/mol. The molecule has 2 rings (SSSR count). The highest BCUT2D eigenvalue weighted by molar-refractivity contribution is 7.89.